The summed E-state index contributed by atoms with van der Waals surface area (Å²) < 4.78 is 14.9. The molecular formula is C15H20N2OS. The summed E-state index contributed by atoms with van der Waals surface area (Å²) in [5, 5.41) is 9.10. The largest absolute Gasteiger partial charge is 0.242 e. The van der Waals surface area contributed by atoms with E-state index >= 15 is 0 Å². The minimum Gasteiger partial charge on any atom is -0.242 e. The third kappa shape index (κ3) is 3.05. The van der Waals surface area contributed by atoms with Gasteiger partial charge < -0.3 is 0 Å². The molecule has 1 aliphatic rings. The highest BCUT2D eigenvalue weighted by molar-refractivity contribution is 7.84. The maximum absolute atomic E-state index is 12.0. The normalized spacial score (nSPS) is 19.8. The molecule has 0 fully saturated rings. The van der Waals surface area contributed by atoms with Crippen molar-refractivity contribution in [3.63, 3.8) is 0 Å². The zero-order valence-corrected chi connectivity index (χ0v) is 12.5. The van der Waals surface area contributed by atoms with Crippen molar-refractivity contribution in [2.45, 2.75) is 44.3 Å². The molecule has 1 aliphatic carbocycles. The molecule has 0 heterocycles. The second-order valence-electron chi connectivity index (χ2n) is 5.95. The van der Waals surface area contributed by atoms with Crippen LogP contribution in [0.3, 0.4) is 0 Å². The van der Waals surface area contributed by atoms with Gasteiger partial charge in [0, 0.05) is 6.54 Å². The maximum Gasteiger partial charge on any atom is 0.0994 e. The Balaban J connectivity index is 2.08. The second-order valence-corrected chi connectivity index (χ2v) is 8.00. The minimum absolute atomic E-state index is 0.240. The molecular weight excluding hydrogens is 256 g/mol. The van der Waals surface area contributed by atoms with E-state index in [0.29, 0.717) is 12.5 Å². The predicted molar refractivity (Wildman–Crippen MR) is 78.1 cm³/mol. The summed E-state index contributed by atoms with van der Waals surface area (Å²) in [6.07, 6.45) is 1.98. The summed E-state index contributed by atoms with van der Waals surface area (Å²) in [5.74, 6) is 0.370. The first-order valence-electron chi connectivity index (χ1n) is 6.60. The van der Waals surface area contributed by atoms with Crippen LogP contribution in [-0.2, 0) is 17.4 Å². The van der Waals surface area contributed by atoms with Gasteiger partial charge in [0.25, 0.3) is 0 Å². The highest BCUT2D eigenvalue weighted by Gasteiger charge is 2.26. The van der Waals surface area contributed by atoms with Gasteiger partial charge in [-0.1, -0.05) is 12.1 Å². The Morgan fingerprint density at radius 1 is 1.47 bits per heavy atom. The van der Waals surface area contributed by atoms with Gasteiger partial charge in [-0.05, 0) is 56.7 Å². The molecule has 4 heteroatoms. The number of nitrogens with one attached hydrogen (secondary N) is 1. The number of hydrogen-bond acceptors (Lipinski definition) is 2. The van der Waals surface area contributed by atoms with Crippen LogP contribution in [0.1, 0.15) is 49.8 Å². The van der Waals surface area contributed by atoms with E-state index in [9.17, 15) is 4.21 Å². The Morgan fingerprint density at radius 2 is 2.21 bits per heavy atom. The Kier molecular flexibility index (Phi) is 4.07. The molecule has 102 valence electrons. The molecule has 0 amide bonds. The summed E-state index contributed by atoms with van der Waals surface area (Å²) in [4.78, 5) is 0. The molecule has 0 aromatic heterocycles. The summed E-state index contributed by atoms with van der Waals surface area (Å²) in [7, 11) is -1.03. The summed E-state index contributed by atoms with van der Waals surface area (Å²) in [6, 6.07) is 8.17. The van der Waals surface area contributed by atoms with E-state index in [0.717, 1.165) is 18.4 Å². The zero-order chi connectivity index (χ0) is 14.0. The van der Waals surface area contributed by atoms with Crippen molar-refractivity contribution in [2.24, 2.45) is 0 Å². The van der Waals surface area contributed by atoms with Crippen molar-refractivity contribution >= 4 is 11.0 Å². The van der Waals surface area contributed by atoms with Gasteiger partial charge in [-0.15, -0.1) is 0 Å². The Hall–Kier alpha value is -1.18. The van der Waals surface area contributed by atoms with E-state index in [2.05, 4.69) is 16.9 Å². The van der Waals surface area contributed by atoms with Crippen LogP contribution in [0.15, 0.2) is 18.2 Å². The van der Waals surface area contributed by atoms with Crippen LogP contribution in [-0.4, -0.2) is 15.5 Å². The van der Waals surface area contributed by atoms with Crippen molar-refractivity contribution < 1.29 is 4.21 Å². The molecule has 0 bridgehead atoms. The monoisotopic (exact) mass is 276 g/mol. The Morgan fingerprint density at radius 3 is 2.84 bits per heavy atom. The first-order valence-corrected chi connectivity index (χ1v) is 7.75. The lowest BCUT2D eigenvalue weighted by Gasteiger charge is -2.20. The number of fused-ring (bicyclic) bond motifs is 1. The summed E-state index contributed by atoms with van der Waals surface area (Å²) in [5.41, 5.74) is 3.22. The second kappa shape index (κ2) is 5.44. The third-order valence-electron chi connectivity index (χ3n) is 3.53. The van der Waals surface area contributed by atoms with Crippen LogP contribution in [0.25, 0.3) is 0 Å². The quantitative estimate of drug-likeness (QED) is 0.922. The highest BCUT2D eigenvalue weighted by Crippen LogP contribution is 2.34. The van der Waals surface area contributed by atoms with Crippen LogP contribution in [0.5, 0.6) is 0 Å². The van der Waals surface area contributed by atoms with Crippen molar-refractivity contribution in [2.75, 3.05) is 6.54 Å². The fraction of sp³-hybridized carbons (Fsp3) is 0.533. The molecule has 0 unspecified atom stereocenters. The van der Waals surface area contributed by atoms with Gasteiger partial charge in [0.1, 0.15) is 0 Å². The smallest absolute Gasteiger partial charge is 0.0994 e. The van der Waals surface area contributed by atoms with E-state index in [1.165, 1.54) is 11.1 Å². The van der Waals surface area contributed by atoms with Crippen molar-refractivity contribution in [3.8, 4) is 6.07 Å². The van der Waals surface area contributed by atoms with Gasteiger partial charge >= 0.3 is 0 Å². The molecule has 19 heavy (non-hydrogen) atoms. The lowest BCUT2D eigenvalue weighted by Crippen LogP contribution is -2.35. The SMILES string of the molecule is CC(C)(C)[S@](=O)NC[C@@H]1CCc2c(C#N)cccc21. The van der Waals surface area contributed by atoms with E-state index in [-0.39, 0.29) is 4.75 Å². The molecule has 0 spiro atoms. The van der Waals surface area contributed by atoms with Crippen LogP contribution in [0.2, 0.25) is 0 Å². The van der Waals surface area contributed by atoms with Gasteiger partial charge in [0.15, 0.2) is 0 Å². The molecule has 0 radical (unpaired) electrons. The molecule has 1 N–H and O–H groups in total. The third-order valence-corrected chi connectivity index (χ3v) is 5.07. The number of hydrogen-bond donors (Lipinski definition) is 1. The Bertz CT molecular complexity index is 540. The van der Waals surface area contributed by atoms with Gasteiger partial charge in [0.05, 0.1) is 27.4 Å². The van der Waals surface area contributed by atoms with E-state index in [1.807, 2.05) is 32.9 Å². The van der Waals surface area contributed by atoms with Crippen molar-refractivity contribution in [3.05, 3.63) is 34.9 Å². The van der Waals surface area contributed by atoms with Crippen LogP contribution in [0.4, 0.5) is 0 Å². The average molecular weight is 276 g/mol. The molecule has 3 nitrogen and oxygen atoms in total. The van der Waals surface area contributed by atoms with Gasteiger partial charge in [0.2, 0.25) is 0 Å². The van der Waals surface area contributed by atoms with E-state index in [1.54, 1.807) is 0 Å². The van der Waals surface area contributed by atoms with E-state index in [4.69, 9.17) is 5.26 Å². The number of nitrogens with zero attached hydrogens (tertiary/aromatic N) is 1. The van der Waals surface area contributed by atoms with Crippen LogP contribution in [0, 0.1) is 11.3 Å². The molecule has 2 atom stereocenters. The fourth-order valence-electron chi connectivity index (χ4n) is 2.45. The average Bonchev–Trinajstić information content (AvgIpc) is 2.77. The molecule has 1 aromatic rings. The molecule has 0 saturated heterocycles. The fourth-order valence-corrected chi connectivity index (χ4v) is 3.24. The number of nitriles is 1. The molecule has 0 aliphatic heterocycles. The lowest BCUT2D eigenvalue weighted by atomic mass is 9.99. The predicted octanol–water partition coefficient (Wildman–Crippen LogP) is 2.64. The zero-order valence-electron chi connectivity index (χ0n) is 11.7. The van der Waals surface area contributed by atoms with Crippen LogP contribution >= 0.6 is 0 Å². The highest BCUT2D eigenvalue weighted by atomic mass is 32.2. The number of rotatable bonds is 3. The minimum atomic E-state index is -1.03. The van der Waals surface area contributed by atoms with Crippen LogP contribution < -0.4 is 4.72 Å². The Labute approximate surface area is 117 Å². The first-order chi connectivity index (χ1) is 8.93. The van der Waals surface area contributed by atoms with Gasteiger partial charge in [-0.3, -0.25) is 0 Å². The summed E-state index contributed by atoms with van der Waals surface area (Å²) in [6.45, 7) is 6.61. The molecule has 2 rings (SSSR count). The maximum atomic E-state index is 12.0. The topological polar surface area (TPSA) is 52.9 Å². The summed E-state index contributed by atoms with van der Waals surface area (Å²) >= 11 is 0. The van der Waals surface area contributed by atoms with E-state index < -0.39 is 11.0 Å². The lowest BCUT2D eigenvalue weighted by molar-refractivity contribution is 0.611. The van der Waals surface area contributed by atoms with Gasteiger partial charge in [-0.25, -0.2) is 8.93 Å². The molecule has 0 saturated carbocycles. The van der Waals surface area contributed by atoms with Crippen molar-refractivity contribution in [1.82, 2.24) is 4.72 Å². The molecule has 1 aromatic carbocycles. The number of benzene rings is 1. The first kappa shape index (κ1) is 14.2. The van der Waals surface area contributed by atoms with Crippen molar-refractivity contribution in [1.29, 1.82) is 5.26 Å². The van der Waals surface area contributed by atoms with Gasteiger partial charge in [-0.2, -0.15) is 5.26 Å². The standard InChI is InChI=1S/C15H20N2OS/c1-15(2,3)19(18)17-10-12-7-8-14-11(9-16)5-4-6-13(12)14/h4-6,12,17H,7-8,10H2,1-3H3/t12-,19-/m0/s1.